The lowest BCUT2D eigenvalue weighted by Crippen LogP contribution is -2.38. The summed E-state index contributed by atoms with van der Waals surface area (Å²) in [6, 6.07) is 0. The molecule has 0 fully saturated rings. The van der Waals surface area contributed by atoms with Crippen molar-refractivity contribution in [3.63, 3.8) is 0 Å². The maximum atomic E-state index is 5.43. The Hall–Kier alpha value is -0.160. The molecule has 1 N–H and O–H groups in total. The van der Waals surface area contributed by atoms with Gasteiger partial charge in [-0.1, -0.05) is 0 Å². The number of ether oxygens (including phenoxy) is 2. The van der Waals surface area contributed by atoms with Gasteiger partial charge in [-0.05, 0) is 34.9 Å². The Morgan fingerprint density at radius 3 is 2.00 bits per heavy atom. The topological polar surface area (TPSA) is 33.7 Å². The van der Waals surface area contributed by atoms with Gasteiger partial charge < -0.3 is 19.7 Å². The third-order valence-corrected chi connectivity index (χ3v) is 1.96. The van der Waals surface area contributed by atoms with E-state index >= 15 is 0 Å². The first-order valence-corrected chi connectivity index (χ1v) is 5.97. The zero-order chi connectivity index (χ0) is 12.4. The number of nitrogens with one attached hydrogen (secondary N) is 1. The molecule has 0 rings (SSSR count). The molecule has 0 radical (unpaired) electrons. The van der Waals surface area contributed by atoms with Gasteiger partial charge >= 0.3 is 0 Å². The number of likely N-dealkylation sites (N-methyl/N-ethyl adjacent to an activating group) is 1. The molecule has 4 heteroatoms. The van der Waals surface area contributed by atoms with Crippen molar-refractivity contribution in [3.8, 4) is 0 Å². The van der Waals surface area contributed by atoms with Crippen molar-refractivity contribution in [1.82, 2.24) is 10.2 Å². The van der Waals surface area contributed by atoms with Crippen LogP contribution < -0.4 is 5.32 Å². The van der Waals surface area contributed by atoms with Crippen LogP contribution in [0.1, 0.15) is 20.8 Å². The predicted octanol–water partition coefficient (Wildman–Crippen LogP) is 0.969. The summed E-state index contributed by atoms with van der Waals surface area (Å²) in [7, 11) is 4.08. The molecule has 0 aromatic heterocycles. The van der Waals surface area contributed by atoms with Gasteiger partial charge in [-0.25, -0.2) is 0 Å². The molecular weight excluding hydrogens is 204 g/mol. The highest BCUT2D eigenvalue weighted by Crippen LogP contribution is 1.96. The Kier molecular flexibility index (Phi) is 8.84. The Labute approximate surface area is 100 Å². The van der Waals surface area contributed by atoms with Crippen LogP contribution in [-0.4, -0.2) is 64.1 Å². The van der Waals surface area contributed by atoms with E-state index < -0.39 is 0 Å². The van der Waals surface area contributed by atoms with E-state index in [0.29, 0.717) is 13.2 Å². The summed E-state index contributed by atoms with van der Waals surface area (Å²) in [5.74, 6) is 0. The van der Waals surface area contributed by atoms with Crippen molar-refractivity contribution >= 4 is 0 Å². The first-order valence-electron chi connectivity index (χ1n) is 5.97. The maximum absolute atomic E-state index is 5.43. The molecule has 0 saturated carbocycles. The summed E-state index contributed by atoms with van der Waals surface area (Å²) in [5, 5.41) is 3.37. The molecular formula is C12H28N2O2. The van der Waals surface area contributed by atoms with Crippen LogP contribution in [0.25, 0.3) is 0 Å². The van der Waals surface area contributed by atoms with Crippen LogP contribution >= 0.6 is 0 Å². The Morgan fingerprint density at radius 2 is 1.50 bits per heavy atom. The fourth-order valence-electron chi connectivity index (χ4n) is 1.07. The smallest absolute Gasteiger partial charge is 0.0701 e. The highest BCUT2D eigenvalue weighted by molar-refractivity contribution is 4.69. The van der Waals surface area contributed by atoms with Crippen LogP contribution in [0.2, 0.25) is 0 Å². The molecule has 98 valence electrons. The van der Waals surface area contributed by atoms with Crippen molar-refractivity contribution in [1.29, 1.82) is 0 Å². The summed E-state index contributed by atoms with van der Waals surface area (Å²) in [6.45, 7) is 11.2. The molecule has 0 aromatic rings. The van der Waals surface area contributed by atoms with Gasteiger partial charge in [0.05, 0.1) is 26.4 Å². The normalized spacial score (nSPS) is 12.4. The van der Waals surface area contributed by atoms with E-state index in [1.165, 1.54) is 0 Å². The van der Waals surface area contributed by atoms with Gasteiger partial charge in [-0.3, -0.25) is 0 Å². The van der Waals surface area contributed by atoms with Gasteiger partial charge in [0, 0.05) is 18.6 Å². The van der Waals surface area contributed by atoms with Crippen molar-refractivity contribution < 1.29 is 9.47 Å². The Bertz CT molecular complexity index is 156. The first-order chi connectivity index (χ1) is 7.42. The Balaban J connectivity index is 3.05. The number of hydrogen-bond donors (Lipinski definition) is 1. The minimum Gasteiger partial charge on any atom is -0.378 e. The molecule has 0 unspecified atom stereocenters. The first kappa shape index (κ1) is 15.8. The zero-order valence-corrected chi connectivity index (χ0v) is 11.5. The van der Waals surface area contributed by atoms with Gasteiger partial charge in [-0.15, -0.1) is 0 Å². The van der Waals surface area contributed by atoms with Gasteiger partial charge in [0.25, 0.3) is 0 Å². The van der Waals surface area contributed by atoms with Crippen LogP contribution in [0.15, 0.2) is 0 Å². The summed E-state index contributed by atoms with van der Waals surface area (Å²) in [5.41, 5.74) is 0.172. The molecule has 0 saturated heterocycles. The second-order valence-corrected chi connectivity index (χ2v) is 5.20. The zero-order valence-electron chi connectivity index (χ0n) is 11.5. The highest BCUT2D eigenvalue weighted by Gasteiger charge is 2.06. The quantitative estimate of drug-likeness (QED) is 0.601. The lowest BCUT2D eigenvalue weighted by molar-refractivity contribution is 0.0425. The van der Waals surface area contributed by atoms with Crippen molar-refractivity contribution in [2.75, 3.05) is 53.6 Å². The maximum Gasteiger partial charge on any atom is 0.0701 e. The van der Waals surface area contributed by atoms with E-state index in [2.05, 4.69) is 31.0 Å². The van der Waals surface area contributed by atoms with Crippen LogP contribution in [0.5, 0.6) is 0 Å². The molecule has 0 aliphatic carbocycles. The molecule has 0 aliphatic heterocycles. The molecule has 0 atom stereocenters. The standard InChI is InChI=1S/C12H28N2O2/c1-12(2,3)13-6-8-15-10-11-16-9-7-14(4)5/h13H,6-11H2,1-5H3. The molecule has 16 heavy (non-hydrogen) atoms. The molecule has 0 amide bonds. The van der Waals surface area contributed by atoms with Crippen molar-refractivity contribution in [2.45, 2.75) is 26.3 Å². The van der Waals surface area contributed by atoms with Crippen LogP contribution in [0, 0.1) is 0 Å². The van der Waals surface area contributed by atoms with Crippen molar-refractivity contribution in [2.24, 2.45) is 0 Å². The number of nitrogens with zero attached hydrogens (tertiary/aromatic N) is 1. The SMILES string of the molecule is CN(C)CCOCCOCCNC(C)(C)C. The van der Waals surface area contributed by atoms with E-state index in [1.54, 1.807) is 0 Å². The molecule has 0 aromatic carbocycles. The molecule has 0 aliphatic rings. The molecule has 4 nitrogen and oxygen atoms in total. The fraction of sp³-hybridized carbons (Fsp3) is 1.00. The van der Waals surface area contributed by atoms with Crippen LogP contribution in [0.4, 0.5) is 0 Å². The Morgan fingerprint density at radius 1 is 0.938 bits per heavy atom. The minimum atomic E-state index is 0.172. The highest BCUT2D eigenvalue weighted by atomic mass is 16.5. The molecule has 0 spiro atoms. The van der Waals surface area contributed by atoms with E-state index in [1.807, 2.05) is 14.1 Å². The monoisotopic (exact) mass is 232 g/mol. The second kappa shape index (κ2) is 8.93. The summed E-state index contributed by atoms with van der Waals surface area (Å²) in [6.07, 6.45) is 0. The summed E-state index contributed by atoms with van der Waals surface area (Å²) >= 11 is 0. The summed E-state index contributed by atoms with van der Waals surface area (Å²) < 4.78 is 10.8. The number of rotatable bonds is 9. The molecule has 0 bridgehead atoms. The predicted molar refractivity (Wildman–Crippen MR) is 67.9 cm³/mol. The van der Waals surface area contributed by atoms with E-state index in [0.717, 1.165) is 26.3 Å². The second-order valence-electron chi connectivity index (χ2n) is 5.20. The van der Waals surface area contributed by atoms with E-state index in [4.69, 9.17) is 9.47 Å². The van der Waals surface area contributed by atoms with Gasteiger partial charge in [-0.2, -0.15) is 0 Å². The fourth-order valence-corrected chi connectivity index (χ4v) is 1.07. The van der Waals surface area contributed by atoms with E-state index in [9.17, 15) is 0 Å². The third-order valence-electron chi connectivity index (χ3n) is 1.96. The lowest BCUT2D eigenvalue weighted by Gasteiger charge is -2.20. The average Bonchev–Trinajstić information content (AvgIpc) is 2.13. The molecule has 0 heterocycles. The van der Waals surface area contributed by atoms with Crippen LogP contribution in [0.3, 0.4) is 0 Å². The minimum absolute atomic E-state index is 0.172. The van der Waals surface area contributed by atoms with Gasteiger partial charge in [0.2, 0.25) is 0 Å². The van der Waals surface area contributed by atoms with Gasteiger partial charge in [0.1, 0.15) is 0 Å². The van der Waals surface area contributed by atoms with E-state index in [-0.39, 0.29) is 5.54 Å². The third kappa shape index (κ3) is 13.8. The average molecular weight is 232 g/mol. The van der Waals surface area contributed by atoms with Gasteiger partial charge in [0.15, 0.2) is 0 Å². The van der Waals surface area contributed by atoms with Crippen molar-refractivity contribution in [3.05, 3.63) is 0 Å². The largest absolute Gasteiger partial charge is 0.378 e. The summed E-state index contributed by atoms with van der Waals surface area (Å²) in [4.78, 5) is 2.11. The number of hydrogen-bond acceptors (Lipinski definition) is 4. The lowest BCUT2D eigenvalue weighted by atomic mass is 10.1. The van der Waals surface area contributed by atoms with Crippen LogP contribution in [-0.2, 0) is 9.47 Å².